The predicted molar refractivity (Wildman–Crippen MR) is 71.8 cm³/mol. The van der Waals surface area contributed by atoms with Crippen LogP contribution in [0, 0.1) is 6.92 Å². The lowest BCUT2D eigenvalue weighted by molar-refractivity contribution is 0.102. The summed E-state index contributed by atoms with van der Waals surface area (Å²) in [6.45, 7) is 6.09. The van der Waals surface area contributed by atoms with Crippen molar-refractivity contribution in [3.05, 3.63) is 47.3 Å². The number of hydrogen-bond donors (Lipinski definition) is 2. The molecule has 0 saturated carbocycles. The second kappa shape index (κ2) is 5.04. The summed E-state index contributed by atoms with van der Waals surface area (Å²) in [6, 6.07) is 9.47. The summed E-state index contributed by atoms with van der Waals surface area (Å²) >= 11 is 0. The molecule has 0 bridgehead atoms. The Labute approximate surface area is 106 Å². The van der Waals surface area contributed by atoms with Crippen molar-refractivity contribution in [1.82, 2.24) is 10.2 Å². The van der Waals surface area contributed by atoms with E-state index in [-0.39, 0.29) is 5.91 Å². The predicted octanol–water partition coefficient (Wildman–Crippen LogP) is 3.09. The van der Waals surface area contributed by atoms with Gasteiger partial charge in [0.25, 0.3) is 5.91 Å². The van der Waals surface area contributed by atoms with Gasteiger partial charge < -0.3 is 5.32 Å². The van der Waals surface area contributed by atoms with E-state index < -0.39 is 0 Å². The number of aryl methyl sites for hydroxylation is 1. The topological polar surface area (TPSA) is 57.8 Å². The van der Waals surface area contributed by atoms with E-state index in [0.29, 0.717) is 11.6 Å². The highest BCUT2D eigenvalue weighted by molar-refractivity contribution is 6.02. The van der Waals surface area contributed by atoms with Gasteiger partial charge in [-0.1, -0.05) is 26.0 Å². The van der Waals surface area contributed by atoms with Crippen LogP contribution in [0.2, 0.25) is 0 Å². The van der Waals surface area contributed by atoms with Crippen molar-refractivity contribution in [2.45, 2.75) is 26.7 Å². The normalized spacial score (nSPS) is 10.7. The SMILES string of the molecule is Cc1cccc(NC(=O)c2cc(C(C)C)[nH]n2)c1. The molecule has 1 amide bonds. The average Bonchev–Trinajstić information content (AvgIpc) is 2.78. The van der Waals surface area contributed by atoms with Gasteiger partial charge in [0.15, 0.2) is 5.69 Å². The van der Waals surface area contributed by atoms with Crippen molar-refractivity contribution in [2.24, 2.45) is 0 Å². The first-order valence-corrected chi connectivity index (χ1v) is 5.99. The van der Waals surface area contributed by atoms with E-state index in [1.54, 1.807) is 6.07 Å². The molecular weight excluding hydrogens is 226 g/mol. The van der Waals surface area contributed by atoms with E-state index in [1.807, 2.05) is 31.2 Å². The lowest BCUT2D eigenvalue weighted by atomic mass is 10.1. The zero-order valence-corrected chi connectivity index (χ0v) is 10.8. The van der Waals surface area contributed by atoms with E-state index in [4.69, 9.17) is 0 Å². The molecule has 94 valence electrons. The van der Waals surface area contributed by atoms with Gasteiger partial charge in [-0.3, -0.25) is 9.89 Å². The van der Waals surface area contributed by atoms with Gasteiger partial charge >= 0.3 is 0 Å². The van der Waals surface area contributed by atoms with Crippen LogP contribution in [0.3, 0.4) is 0 Å². The largest absolute Gasteiger partial charge is 0.321 e. The van der Waals surface area contributed by atoms with Gasteiger partial charge in [-0.05, 0) is 36.6 Å². The molecular formula is C14H17N3O. The third-order valence-electron chi connectivity index (χ3n) is 2.73. The highest BCUT2D eigenvalue weighted by atomic mass is 16.1. The van der Waals surface area contributed by atoms with Crippen molar-refractivity contribution >= 4 is 11.6 Å². The molecule has 0 aliphatic heterocycles. The zero-order valence-electron chi connectivity index (χ0n) is 10.8. The van der Waals surface area contributed by atoms with Crippen LogP contribution in [-0.2, 0) is 0 Å². The third kappa shape index (κ3) is 2.77. The highest BCUT2D eigenvalue weighted by Crippen LogP contribution is 2.14. The van der Waals surface area contributed by atoms with Crippen molar-refractivity contribution in [2.75, 3.05) is 5.32 Å². The Morgan fingerprint density at radius 1 is 1.33 bits per heavy atom. The number of carbonyl (C=O) groups excluding carboxylic acids is 1. The van der Waals surface area contributed by atoms with Gasteiger partial charge in [0.05, 0.1) is 0 Å². The smallest absolute Gasteiger partial charge is 0.276 e. The van der Waals surface area contributed by atoms with Gasteiger partial charge in [-0.2, -0.15) is 5.10 Å². The molecule has 0 unspecified atom stereocenters. The molecule has 2 aromatic rings. The Balaban J connectivity index is 2.12. The van der Waals surface area contributed by atoms with Crippen LogP contribution in [0.15, 0.2) is 30.3 Å². The molecule has 0 saturated heterocycles. The summed E-state index contributed by atoms with van der Waals surface area (Å²) in [5, 5.41) is 9.72. The molecule has 18 heavy (non-hydrogen) atoms. The first-order chi connectivity index (χ1) is 8.56. The molecule has 2 rings (SSSR count). The van der Waals surface area contributed by atoms with Crippen molar-refractivity contribution in [3.8, 4) is 0 Å². The average molecular weight is 243 g/mol. The Bertz CT molecular complexity index is 558. The van der Waals surface area contributed by atoms with Gasteiger partial charge in [0, 0.05) is 11.4 Å². The minimum Gasteiger partial charge on any atom is -0.321 e. The van der Waals surface area contributed by atoms with Crippen molar-refractivity contribution in [3.63, 3.8) is 0 Å². The summed E-state index contributed by atoms with van der Waals surface area (Å²) in [6.07, 6.45) is 0. The molecule has 4 nitrogen and oxygen atoms in total. The fourth-order valence-corrected chi connectivity index (χ4v) is 1.67. The third-order valence-corrected chi connectivity index (χ3v) is 2.73. The van der Waals surface area contributed by atoms with Crippen LogP contribution in [-0.4, -0.2) is 16.1 Å². The van der Waals surface area contributed by atoms with Crippen LogP contribution in [0.1, 0.15) is 41.5 Å². The number of anilines is 1. The van der Waals surface area contributed by atoms with Crippen molar-refractivity contribution in [1.29, 1.82) is 0 Å². The van der Waals surface area contributed by atoms with Gasteiger partial charge in [0.2, 0.25) is 0 Å². The Morgan fingerprint density at radius 2 is 2.11 bits per heavy atom. The number of nitrogens with one attached hydrogen (secondary N) is 2. The van der Waals surface area contributed by atoms with Crippen LogP contribution >= 0.6 is 0 Å². The van der Waals surface area contributed by atoms with Gasteiger partial charge in [-0.25, -0.2) is 0 Å². The molecule has 0 radical (unpaired) electrons. The van der Waals surface area contributed by atoms with Crippen molar-refractivity contribution < 1.29 is 4.79 Å². The molecule has 1 heterocycles. The highest BCUT2D eigenvalue weighted by Gasteiger charge is 2.12. The van der Waals surface area contributed by atoms with Gasteiger partial charge in [0.1, 0.15) is 0 Å². The number of rotatable bonds is 3. The number of benzene rings is 1. The fraction of sp³-hybridized carbons (Fsp3) is 0.286. The molecule has 1 aromatic heterocycles. The Kier molecular flexibility index (Phi) is 3.46. The molecule has 2 N–H and O–H groups in total. The van der Waals surface area contributed by atoms with E-state index in [0.717, 1.165) is 16.9 Å². The number of aromatic amines is 1. The summed E-state index contributed by atoms with van der Waals surface area (Å²) in [5.74, 6) is 0.141. The summed E-state index contributed by atoms with van der Waals surface area (Å²) < 4.78 is 0. The number of H-pyrrole nitrogens is 1. The number of aromatic nitrogens is 2. The second-order valence-corrected chi connectivity index (χ2v) is 4.69. The van der Waals surface area contributed by atoms with Crippen LogP contribution in [0.5, 0.6) is 0 Å². The maximum Gasteiger partial charge on any atom is 0.276 e. The molecule has 0 atom stereocenters. The molecule has 0 aliphatic carbocycles. The van der Waals surface area contributed by atoms with E-state index in [9.17, 15) is 4.79 Å². The first kappa shape index (κ1) is 12.4. The zero-order chi connectivity index (χ0) is 13.1. The lowest BCUT2D eigenvalue weighted by Gasteiger charge is -2.03. The fourth-order valence-electron chi connectivity index (χ4n) is 1.67. The van der Waals surface area contributed by atoms with Crippen LogP contribution in [0.4, 0.5) is 5.69 Å². The van der Waals surface area contributed by atoms with Crippen LogP contribution < -0.4 is 5.32 Å². The maximum atomic E-state index is 12.0. The minimum absolute atomic E-state index is 0.191. The minimum atomic E-state index is -0.191. The molecule has 0 aliphatic rings. The maximum absolute atomic E-state index is 12.0. The van der Waals surface area contributed by atoms with Gasteiger partial charge in [-0.15, -0.1) is 0 Å². The second-order valence-electron chi connectivity index (χ2n) is 4.69. The quantitative estimate of drug-likeness (QED) is 0.870. The Hall–Kier alpha value is -2.10. The van der Waals surface area contributed by atoms with E-state index in [1.165, 1.54) is 0 Å². The standard InChI is InChI=1S/C14H17N3O/c1-9(2)12-8-13(17-16-12)14(18)15-11-6-4-5-10(3)7-11/h4-9H,1-3H3,(H,15,18)(H,16,17). The monoisotopic (exact) mass is 243 g/mol. The lowest BCUT2D eigenvalue weighted by Crippen LogP contribution is -2.12. The summed E-state index contributed by atoms with van der Waals surface area (Å²) in [4.78, 5) is 12.0. The molecule has 0 spiro atoms. The number of hydrogen-bond acceptors (Lipinski definition) is 2. The van der Waals surface area contributed by atoms with E-state index >= 15 is 0 Å². The molecule has 0 fully saturated rings. The summed E-state index contributed by atoms with van der Waals surface area (Å²) in [7, 11) is 0. The number of amides is 1. The number of carbonyl (C=O) groups is 1. The molecule has 4 heteroatoms. The first-order valence-electron chi connectivity index (χ1n) is 5.99. The van der Waals surface area contributed by atoms with Crippen LogP contribution in [0.25, 0.3) is 0 Å². The Morgan fingerprint density at radius 3 is 2.72 bits per heavy atom. The molecule has 1 aromatic carbocycles. The van der Waals surface area contributed by atoms with E-state index in [2.05, 4.69) is 29.4 Å². The number of nitrogens with zero attached hydrogens (tertiary/aromatic N) is 1. The summed E-state index contributed by atoms with van der Waals surface area (Å²) in [5.41, 5.74) is 3.27.